The third kappa shape index (κ3) is 4.76. The van der Waals surface area contributed by atoms with Gasteiger partial charge in [0.2, 0.25) is 0 Å². The third-order valence-corrected chi connectivity index (χ3v) is 6.52. The molecule has 3 aromatic rings. The van der Waals surface area contributed by atoms with Crippen molar-refractivity contribution in [3.8, 4) is 0 Å². The molecule has 7 nitrogen and oxygen atoms in total. The van der Waals surface area contributed by atoms with E-state index < -0.39 is 11.2 Å². The first-order chi connectivity index (χ1) is 14.1. The van der Waals surface area contributed by atoms with Crippen LogP contribution in [0.5, 0.6) is 0 Å². The number of fused-ring (bicyclic) bond motifs is 1. The maximum absolute atomic E-state index is 12.6. The molecule has 3 N–H and O–H groups in total. The number of hydrogen-bond donors (Lipinski definition) is 3. The number of carbonyl (C=O) groups is 1. The molecule has 150 valence electrons. The van der Waals surface area contributed by atoms with E-state index in [4.69, 9.17) is 0 Å². The highest BCUT2D eigenvalue weighted by atomic mass is 32.2. The Labute approximate surface area is 171 Å². The molecule has 0 atom stereocenters. The highest BCUT2D eigenvalue weighted by Crippen LogP contribution is 2.30. The van der Waals surface area contributed by atoms with E-state index in [1.165, 1.54) is 49.9 Å². The van der Waals surface area contributed by atoms with E-state index in [-0.39, 0.29) is 22.5 Å². The van der Waals surface area contributed by atoms with Gasteiger partial charge in [-0.15, -0.1) is 0 Å². The Bertz CT molecular complexity index is 1150. The van der Waals surface area contributed by atoms with Crippen molar-refractivity contribution in [1.82, 2.24) is 15.0 Å². The second-order valence-corrected chi connectivity index (χ2v) is 8.54. The second kappa shape index (κ2) is 8.65. The van der Waals surface area contributed by atoms with Crippen LogP contribution in [0.3, 0.4) is 0 Å². The van der Waals surface area contributed by atoms with Crippen molar-refractivity contribution in [3.05, 3.63) is 68.5 Å². The SMILES string of the molecule is O=C(Nc1cccc(CSC2CCCCC2)c1)c1cnc2[nH]c(=O)[nH]c(=O)c2c1. The Hall–Kier alpha value is -2.87. The van der Waals surface area contributed by atoms with Crippen molar-refractivity contribution in [2.45, 2.75) is 43.1 Å². The van der Waals surface area contributed by atoms with Crippen LogP contribution in [0.1, 0.15) is 48.0 Å². The number of nitrogens with one attached hydrogen (secondary N) is 3. The number of pyridine rings is 1. The van der Waals surface area contributed by atoms with E-state index in [9.17, 15) is 14.4 Å². The van der Waals surface area contributed by atoms with E-state index in [1.54, 1.807) is 0 Å². The lowest BCUT2D eigenvalue weighted by atomic mass is 10.0. The molecule has 1 aliphatic carbocycles. The van der Waals surface area contributed by atoms with Crippen molar-refractivity contribution in [1.29, 1.82) is 0 Å². The number of aromatic amines is 2. The van der Waals surface area contributed by atoms with E-state index in [2.05, 4.69) is 26.3 Å². The Morgan fingerprint density at radius 3 is 2.79 bits per heavy atom. The molecular weight excluding hydrogens is 388 g/mol. The molecule has 1 saturated carbocycles. The molecular formula is C21H22N4O3S. The second-order valence-electron chi connectivity index (χ2n) is 7.25. The van der Waals surface area contributed by atoms with Crippen LogP contribution < -0.4 is 16.6 Å². The molecule has 8 heteroatoms. The van der Waals surface area contributed by atoms with Crippen LogP contribution in [0, 0.1) is 0 Å². The van der Waals surface area contributed by atoms with Crippen LogP contribution in [0.15, 0.2) is 46.1 Å². The van der Waals surface area contributed by atoms with E-state index in [0.29, 0.717) is 5.69 Å². The third-order valence-electron chi connectivity index (χ3n) is 5.08. The van der Waals surface area contributed by atoms with Crippen molar-refractivity contribution in [2.24, 2.45) is 0 Å². The van der Waals surface area contributed by atoms with Crippen LogP contribution >= 0.6 is 11.8 Å². The summed E-state index contributed by atoms with van der Waals surface area (Å²) in [4.78, 5) is 44.5. The number of H-pyrrole nitrogens is 2. The summed E-state index contributed by atoms with van der Waals surface area (Å²) in [6, 6.07) is 9.24. The fraction of sp³-hybridized carbons (Fsp3) is 0.333. The molecule has 1 aliphatic rings. The van der Waals surface area contributed by atoms with Gasteiger partial charge in [0.15, 0.2) is 0 Å². The Morgan fingerprint density at radius 1 is 1.14 bits per heavy atom. The lowest BCUT2D eigenvalue weighted by molar-refractivity contribution is 0.102. The highest BCUT2D eigenvalue weighted by Gasteiger charge is 2.14. The van der Waals surface area contributed by atoms with Crippen LogP contribution in [0.25, 0.3) is 11.0 Å². The molecule has 1 aromatic carbocycles. The molecule has 4 rings (SSSR count). The number of benzene rings is 1. The van der Waals surface area contributed by atoms with Gasteiger partial charge in [-0.2, -0.15) is 11.8 Å². The number of carbonyl (C=O) groups excluding carboxylic acids is 1. The number of amides is 1. The van der Waals surface area contributed by atoms with Crippen molar-refractivity contribution >= 4 is 34.4 Å². The summed E-state index contributed by atoms with van der Waals surface area (Å²) in [7, 11) is 0. The average molecular weight is 410 g/mol. The predicted octanol–water partition coefficient (Wildman–Crippen LogP) is 3.43. The topological polar surface area (TPSA) is 108 Å². The van der Waals surface area contributed by atoms with E-state index in [0.717, 1.165) is 11.0 Å². The number of rotatable bonds is 5. The van der Waals surface area contributed by atoms with Crippen LogP contribution in [-0.4, -0.2) is 26.1 Å². The summed E-state index contributed by atoms with van der Waals surface area (Å²) in [5, 5.41) is 3.75. The van der Waals surface area contributed by atoms with Gasteiger partial charge >= 0.3 is 5.69 Å². The van der Waals surface area contributed by atoms with Gasteiger partial charge < -0.3 is 5.32 Å². The monoisotopic (exact) mass is 410 g/mol. The van der Waals surface area contributed by atoms with Gasteiger partial charge in [0.05, 0.1) is 10.9 Å². The molecule has 0 radical (unpaired) electrons. The van der Waals surface area contributed by atoms with Crippen molar-refractivity contribution < 1.29 is 4.79 Å². The minimum atomic E-state index is -0.630. The summed E-state index contributed by atoms with van der Waals surface area (Å²) in [5.41, 5.74) is 1.06. The van der Waals surface area contributed by atoms with Crippen LogP contribution in [0.2, 0.25) is 0 Å². The predicted molar refractivity (Wildman–Crippen MR) is 116 cm³/mol. The highest BCUT2D eigenvalue weighted by molar-refractivity contribution is 7.99. The first-order valence-corrected chi connectivity index (χ1v) is 10.8. The molecule has 0 saturated heterocycles. The fourth-order valence-electron chi connectivity index (χ4n) is 3.56. The summed E-state index contributed by atoms with van der Waals surface area (Å²) in [6.07, 6.45) is 7.93. The normalized spacial score (nSPS) is 14.8. The summed E-state index contributed by atoms with van der Waals surface area (Å²) >= 11 is 1.99. The van der Waals surface area contributed by atoms with Crippen molar-refractivity contribution in [2.75, 3.05) is 5.32 Å². The molecule has 0 bridgehead atoms. The number of hydrogen-bond acceptors (Lipinski definition) is 5. The first-order valence-electron chi connectivity index (χ1n) is 9.73. The maximum atomic E-state index is 12.6. The lowest BCUT2D eigenvalue weighted by Crippen LogP contribution is -2.23. The summed E-state index contributed by atoms with van der Waals surface area (Å²) in [5.74, 6) is 0.566. The number of anilines is 1. The molecule has 0 spiro atoms. The van der Waals surface area contributed by atoms with Gasteiger partial charge in [-0.25, -0.2) is 9.78 Å². The lowest BCUT2D eigenvalue weighted by Gasteiger charge is -2.21. The van der Waals surface area contributed by atoms with Crippen molar-refractivity contribution in [3.63, 3.8) is 0 Å². The summed E-state index contributed by atoms with van der Waals surface area (Å²) in [6.45, 7) is 0. The fourth-order valence-corrected chi connectivity index (χ4v) is 4.83. The average Bonchev–Trinajstić information content (AvgIpc) is 2.73. The Kier molecular flexibility index (Phi) is 5.80. The summed E-state index contributed by atoms with van der Waals surface area (Å²) < 4.78 is 0. The van der Waals surface area contributed by atoms with Gasteiger partial charge in [-0.05, 0) is 36.6 Å². The molecule has 29 heavy (non-hydrogen) atoms. The minimum Gasteiger partial charge on any atom is -0.322 e. The molecule has 2 aromatic heterocycles. The molecule has 0 aliphatic heterocycles. The Balaban J connectivity index is 1.46. The van der Waals surface area contributed by atoms with E-state index >= 15 is 0 Å². The van der Waals surface area contributed by atoms with Gasteiger partial charge in [-0.3, -0.25) is 19.6 Å². The zero-order valence-electron chi connectivity index (χ0n) is 15.9. The molecule has 0 unspecified atom stereocenters. The standard InChI is InChI=1S/C21H22N4O3S/c26-19(14-10-17-18(22-11-14)24-21(28)25-20(17)27)23-15-6-4-5-13(9-15)12-29-16-7-2-1-3-8-16/h4-6,9-11,16H,1-3,7-8,12H2,(H,23,26)(H2,22,24,25,27,28). The zero-order chi connectivity index (χ0) is 20.2. The van der Waals surface area contributed by atoms with E-state index in [1.807, 2.05) is 30.0 Å². The molecule has 2 heterocycles. The maximum Gasteiger partial charge on any atom is 0.327 e. The van der Waals surface area contributed by atoms with Crippen LogP contribution in [-0.2, 0) is 5.75 Å². The largest absolute Gasteiger partial charge is 0.327 e. The molecule has 1 amide bonds. The van der Waals surface area contributed by atoms with Gasteiger partial charge in [0, 0.05) is 22.9 Å². The van der Waals surface area contributed by atoms with Crippen LogP contribution in [0.4, 0.5) is 5.69 Å². The number of aromatic nitrogens is 3. The zero-order valence-corrected chi connectivity index (χ0v) is 16.7. The minimum absolute atomic E-state index is 0.150. The van der Waals surface area contributed by atoms with Gasteiger partial charge in [0.25, 0.3) is 11.5 Å². The van der Waals surface area contributed by atoms with Gasteiger partial charge in [-0.1, -0.05) is 31.4 Å². The molecule has 1 fully saturated rings. The first kappa shape index (κ1) is 19.4. The Morgan fingerprint density at radius 2 is 1.97 bits per heavy atom. The smallest absolute Gasteiger partial charge is 0.322 e. The quantitative estimate of drug-likeness (QED) is 0.597. The number of thioether (sulfide) groups is 1. The van der Waals surface area contributed by atoms with Gasteiger partial charge in [0.1, 0.15) is 5.65 Å². The number of nitrogens with zero attached hydrogens (tertiary/aromatic N) is 1.